The number of anilines is 2. The Morgan fingerprint density at radius 1 is 1.22 bits per heavy atom. The van der Waals surface area contributed by atoms with Gasteiger partial charge in [0, 0.05) is 6.20 Å². The van der Waals surface area contributed by atoms with E-state index in [0.29, 0.717) is 5.82 Å². The highest BCUT2D eigenvalue weighted by molar-refractivity contribution is 6.43. The van der Waals surface area contributed by atoms with Crippen LogP contribution >= 0.6 is 0 Å². The standard InChI is InChI=1S/C10H10N6O2/c1-6-3-2-4-11-7(6)14-8(17)9(18)15-10-12-5-13-16-10/h2-5H,1H3,(H,11,14,17)(H2,12,13,15,16,18). The Balaban J connectivity index is 2.00. The second-order valence-electron chi connectivity index (χ2n) is 3.41. The number of hydrogen-bond donors (Lipinski definition) is 3. The Labute approximate surface area is 102 Å². The molecular formula is C10H10N6O2. The van der Waals surface area contributed by atoms with Crippen LogP contribution in [-0.4, -0.2) is 32.0 Å². The second kappa shape index (κ2) is 5.04. The molecule has 0 unspecified atom stereocenters. The summed E-state index contributed by atoms with van der Waals surface area (Å²) >= 11 is 0. The van der Waals surface area contributed by atoms with Gasteiger partial charge in [-0.1, -0.05) is 6.07 Å². The van der Waals surface area contributed by atoms with Gasteiger partial charge in [0.05, 0.1) is 0 Å². The zero-order valence-corrected chi connectivity index (χ0v) is 9.47. The minimum Gasteiger partial charge on any atom is -0.302 e. The molecule has 2 rings (SSSR count). The molecule has 2 aromatic rings. The van der Waals surface area contributed by atoms with Crippen molar-refractivity contribution in [1.29, 1.82) is 0 Å². The van der Waals surface area contributed by atoms with Crippen LogP contribution in [0.15, 0.2) is 24.7 Å². The highest BCUT2D eigenvalue weighted by Gasteiger charge is 2.16. The SMILES string of the molecule is Cc1cccnc1NC(=O)C(=O)Nc1ncn[nH]1. The van der Waals surface area contributed by atoms with Gasteiger partial charge in [0.1, 0.15) is 12.1 Å². The van der Waals surface area contributed by atoms with E-state index in [1.54, 1.807) is 19.1 Å². The third-order valence-corrected chi connectivity index (χ3v) is 2.09. The Hall–Kier alpha value is -2.77. The summed E-state index contributed by atoms with van der Waals surface area (Å²) in [4.78, 5) is 30.7. The molecule has 8 heteroatoms. The van der Waals surface area contributed by atoms with Crippen molar-refractivity contribution >= 4 is 23.6 Å². The summed E-state index contributed by atoms with van der Waals surface area (Å²) in [6.07, 6.45) is 2.74. The smallest absolute Gasteiger partial charge is 0.302 e. The van der Waals surface area contributed by atoms with E-state index >= 15 is 0 Å². The molecule has 92 valence electrons. The number of nitrogens with one attached hydrogen (secondary N) is 3. The van der Waals surface area contributed by atoms with E-state index in [9.17, 15) is 9.59 Å². The number of aromatic amines is 1. The topological polar surface area (TPSA) is 113 Å². The zero-order chi connectivity index (χ0) is 13.0. The Kier molecular flexibility index (Phi) is 3.28. The van der Waals surface area contributed by atoms with Crippen molar-refractivity contribution in [2.24, 2.45) is 0 Å². The normalized spacial score (nSPS) is 9.83. The molecule has 0 aliphatic heterocycles. The van der Waals surface area contributed by atoms with Crippen molar-refractivity contribution < 1.29 is 9.59 Å². The summed E-state index contributed by atoms with van der Waals surface area (Å²) in [5.41, 5.74) is 0.762. The van der Waals surface area contributed by atoms with E-state index in [0.717, 1.165) is 5.56 Å². The molecule has 0 aliphatic rings. The highest BCUT2D eigenvalue weighted by atomic mass is 16.2. The van der Waals surface area contributed by atoms with Crippen LogP contribution in [0.5, 0.6) is 0 Å². The molecule has 0 fully saturated rings. The van der Waals surface area contributed by atoms with Gasteiger partial charge < -0.3 is 5.32 Å². The van der Waals surface area contributed by atoms with E-state index in [1.165, 1.54) is 12.5 Å². The van der Waals surface area contributed by atoms with Crippen molar-refractivity contribution in [3.8, 4) is 0 Å². The molecule has 2 amide bonds. The first kappa shape index (κ1) is 11.7. The summed E-state index contributed by atoms with van der Waals surface area (Å²) in [5.74, 6) is -1.23. The first-order valence-corrected chi connectivity index (χ1v) is 5.06. The summed E-state index contributed by atoms with van der Waals surface area (Å²) in [6, 6.07) is 3.51. The van der Waals surface area contributed by atoms with Crippen molar-refractivity contribution in [3.05, 3.63) is 30.2 Å². The van der Waals surface area contributed by atoms with Crippen LogP contribution in [0.25, 0.3) is 0 Å². The van der Waals surface area contributed by atoms with E-state index in [4.69, 9.17) is 0 Å². The Morgan fingerprint density at radius 2 is 2.00 bits per heavy atom. The van der Waals surface area contributed by atoms with Crippen molar-refractivity contribution in [2.75, 3.05) is 10.6 Å². The van der Waals surface area contributed by atoms with Gasteiger partial charge in [0.25, 0.3) is 0 Å². The number of H-pyrrole nitrogens is 1. The van der Waals surface area contributed by atoms with Crippen molar-refractivity contribution in [1.82, 2.24) is 20.2 Å². The minimum atomic E-state index is -0.850. The maximum Gasteiger partial charge on any atom is 0.316 e. The van der Waals surface area contributed by atoms with Gasteiger partial charge in [0.15, 0.2) is 0 Å². The van der Waals surface area contributed by atoms with Crippen LogP contribution in [0.4, 0.5) is 11.8 Å². The lowest BCUT2D eigenvalue weighted by Crippen LogP contribution is -2.30. The predicted octanol–water partition coefficient (Wildman–Crippen LogP) is 0.0853. The number of pyridine rings is 1. The lowest BCUT2D eigenvalue weighted by atomic mass is 10.3. The maximum atomic E-state index is 11.6. The van der Waals surface area contributed by atoms with Gasteiger partial charge >= 0.3 is 11.8 Å². The van der Waals surface area contributed by atoms with Crippen molar-refractivity contribution in [2.45, 2.75) is 6.92 Å². The molecule has 0 aliphatic carbocycles. The quantitative estimate of drug-likeness (QED) is 0.650. The summed E-state index contributed by atoms with van der Waals surface area (Å²) < 4.78 is 0. The zero-order valence-electron chi connectivity index (χ0n) is 9.47. The van der Waals surface area contributed by atoms with Gasteiger partial charge in [-0.05, 0) is 18.6 Å². The number of rotatable bonds is 2. The summed E-state index contributed by atoms with van der Waals surface area (Å²) in [5, 5.41) is 10.6. The third kappa shape index (κ3) is 2.67. The maximum absolute atomic E-state index is 11.6. The number of aryl methyl sites for hydroxylation is 1. The molecule has 0 radical (unpaired) electrons. The lowest BCUT2D eigenvalue weighted by molar-refractivity contribution is -0.133. The van der Waals surface area contributed by atoms with Crippen molar-refractivity contribution in [3.63, 3.8) is 0 Å². The largest absolute Gasteiger partial charge is 0.316 e. The monoisotopic (exact) mass is 246 g/mol. The number of hydrogen-bond acceptors (Lipinski definition) is 5. The molecule has 8 nitrogen and oxygen atoms in total. The van der Waals surface area contributed by atoms with Crippen LogP contribution in [0.2, 0.25) is 0 Å². The molecule has 0 saturated carbocycles. The summed E-state index contributed by atoms with van der Waals surface area (Å²) in [6.45, 7) is 1.77. The van der Waals surface area contributed by atoms with Crippen LogP contribution in [0.1, 0.15) is 5.56 Å². The van der Waals surface area contributed by atoms with Crippen LogP contribution in [0.3, 0.4) is 0 Å². The molecule has 0 aromatic carbocycles. The van der Waals surface area contributed by atoms with E-state index in [1.807, 2.05) is 0 Å². The van der Waals surface area contributed by atoms with E-state index in [-0.39, 0.29) is 5.95 Å². The average Bonchev–Trinajstić information content (AvgIpc) is 2.84. The van der Waals surface area contributed by atoms with Gasteiger partial charge in [0.2, 0.25) is 5.95 Å². The molecule has 2 heterocycles. The van der Waals surface area contributed by atoms with Gasteiger partial charge in [-0.15, -0.1) is 0 Å². The van der Waals surface area contributed by atoms with Gasteiger partial charge in [-0.3, -0.25) is 14.9 Å². The Morgan fingerprint density at radius 3 is 2.67 bits per heavy atom. The minimum absolute atomic E-state index is 0.105. The molecule has 0 bridgehead atoms. The molecular weight excluding hydrogens is 236 g/mol. The molecule has 3 N–H and O–H groups in total. The first-order chi connectivity index (χ1) is 8.66. The number of carbonyl (C=O) groups is 2. The van der Waals surface area contributed by atoms with Crippen LogP contribution in [0, 0.1) is 6.92 Å². The number of amides is 2. The van der Waals surface area contributed by atoms with E-state index in [2.05, 4.69) is 30.8 Å². The summed E-state index contributed by atoms with van der Waals surface area (Å²) in [7, 11) is 0. The van der Waals surface area contributed by atoms with Crippen LogP contribution < -0.4 is 10.6 Å². The fourth-order valence-electron chi connectivity index (χ4n) is 1.21. The highest BCUT2D eigenvalue weighted by Crippen LogP contribution is 2.08. The number of nitrogens with zero attached hydrogens (tertiary/aromatic N) is 3. The predicted molar refractivity (Wildman–Crippen MR) is 62.6 cm³/mol. The lowest BCUT2D eigenvalue weighted by Gasteiger charge is -2.05. The number of carbonyl (C=O) groups excluding carboxylic acids is 2. The molecule has 0 saturated heterocycles. The molecule has 0 atom stereocenters. The third-order valence-electron chi connectivity index (χ3n) is 2.09. The molecule has 0 spiro atoms. The van der Waals surface area contributed by atoms with Gasteiger partial charge in [-0.25, -0.2) is 10.1 Å². The van der Waals surface area contributed by atoms with Crippen LogP contribution in [-0.2, 0) is 9.59 Å². The fraction of sp³-hybridized carbons (Fsp3) is 0.100. The Bertz CT molecular complexity index is 566. The molecule has 18 heavy (non-hydrogen) atoms. The number of aromatic nitrogens is 4. The second-order valence-corrected chi connectivity index (χ2v) is 3.41. The molecule has 2 aromatic heterocycles. The average molecular weight is 246 g/mol. The van der Waals surface area contributed by atoms with Gasteiger partial charge in [-0.2, -0.15) is 10.1 Å². The van der Waals surface area contributed by atoms with E-state index < -0.39 is 11.8 Å². The fourth-order valence-corrected chi connectivity index (χ4v) is 1.21. The first-order valence-electron chi connectivity index (χ1n) is 5.06.